The van der Waals surface area contributed by atoms with Crippen molar-refractivity contribution in [1.82, 2.24) is 13.9 Å². The minimum Gasteiger partial charge on any atom is -0.334 e. The number of imidazole rings is 1. The van der Waals surface area contributed by atoms with Gasteiger partial charge in [-0.1, -0.05) is 12.1 Å². The molecule has 162 valence electrons. The summed E-state index contributed by atoms with van der Waals surface area (Å²) in [6.07, 6.45) is 8.82. The van der Waals surface area contributed by atoms with Gasteiger partial charge in [-0.05, 0) is 69.6 Å². The average molecular weight is 431 g/mol. The molecule has 0 unspecified atom stereocenters. The first-order chi connectivity index (χ1) is 14.4. The van der Waals surface area contributed by atoms with E-state index in [-0.39, 0.29) is 29.4 Å². The van der Waals surface area contributed by atoms with E-state index in [4.69, 9.17) is 0 Å². The van der Waals surface area contributed by atoms with E-state index in [1.54, 1.807) is 17.1 Å². The van der Waals surface area contributed by atoms with Gasteiger partial charge in [0, 0.05) is 31.0 Å². The van der Waals surface area contributed by atoms with Crippen molar-refractivity contribution < 1.29 is 13.2 Å². The lowest BCUT2D eigenvalue weighted by Gasteiger charge is -2.31. The van der Waals surface area contributed by atoms with Gasteiger partial charge in [-0.3, -0.25) is 4.79 Å². The lowest BCUT2D eigenvalue weighted by atomic mass is 9.90. The fourth-order valence-corrected chi connectivity index (χ4v) is 5.82. The molecule has 1 atom stereocenters. The zero-order valence-electron chi connectivity index (χ0n) is 17.7. The number of benzene rings is 1. The molecule has 8 heteroatoms. The molecule has 2 aliphatic rings. The van der Waals surface area contributed by atoms with E-state index in [0.29, 0.717) is 19.4 Å². The molecule has 1 aromatic carbocycles. The first kappa shape index (κ1) is 21.1. The Labute approximate surface area is 178 Å². The molecule has 0 bridgehead atoms. The Morgan fingerprint density at radius 1 is 1.20 bits per heavy atom. The predicted molar refractivity (Wildman–Crippen MR) is 116 cm³/mol. The number of carbonyl (C=O) groups excluding carboxylic acids is 1. The van der Waals surface area contributed by atoms with Crippen molar-refractivity contribution in [3.63, 3.8) is 0 Å². The topological polar surface area (TPSA) is 84.3 Å². The van der Waals surface area contributed by atoms with Crippen LogP contribution in [0.15, 0.2) is 35.7 Å². The summed E-state index contributed by atoms with van der Waals surface area (Å²) in [6, 6.07) is 6.22. The molecular weight excluding hydrogens is 400 g/mol. The number of sulfonamides is 1. The van der Waals surface area contributed by atoms with Crippen molar-refractivity contribution in [2.75, 3.05) is 18.4 Å². The van der Waals surface area contributed by atoms with E-state index in [0.717, 1.165) is 24.9 Å². The van der Waals surface area contributed by atoms with Gasteiger partial charge in [-0.2, -0.15) is 4.31 Å². The maximum absolute atomic E-state index is 13.1. The van der Waals surface area contributed by atoms with Crippen molar-refractivity contribution in [3.8, 4) is 0 Å². The Hall–Kier alpha value is -2.19. The second-order valence-corrected chi connectivity index (χ2v) is 10.5. The molecule has 1 N–H and O–H groups in total. The molecule has 1 fully saturated rings. The molecule has 0 saturated carbocycles. The highest BCUT2D eigenvalue weighted by atomic mass is 32.2. The van der Waals surface area contributed by atoms with Gasteiger partial charge in [0.25, 0.3) is 10.0 Å². The molecular formula is C22H30N4O3S. The molecule has 0 spiro atoms. The average Bonchev–Trinajstić information content (AvgIpc) is 3.26. The number of fused-ring (bicyclic) bond motifs is 1. The number of aryl methyl sites for hydroxylation is 1. The van der Waals surface area contributed by atoms with Crippen LogP contribution < -0.4 is 5.32 Å². The first-order valence-electron chi connectivity index (χ1n) is 10.8. The number of carbonyl (C=O) groups is 1. The smallest absolute Gasteiger partial charge is 0.262 e. The quantitative estimate of drug-likeness (QED) is 0.788. The lowest BCUT2D eigenvalue weighted by Crippen LogP contribution is -2.43. The van der Waals surface area contributed by atoms with Crippen LogP contribution in [0.3, 0.4) is 0 Å². The monoisotopic (exact) mass is 430 g/mol. The predicted octanol–water partition coefficient (Wildman–Crippen LogP) is 3.38. The summed E-state index contributed by atoms with van der Waals surface area (Å²) < 4.78 is 29.3. The summed E-state index contributed by atoms with van der Waals surface area (Å²) in [5.41, 5.74) is 3.43. The van der Waals surface area contributed by atoms with Crippen LogP contribution in [-0.4, -0.2) is 41.3 Å². The minimum atomic E-state index is -3.71. The number of rotatable bonds is 5. The van der Waals surface area contributed by atoms with Gasteiger partial charge < -0.3 is 9.88 Å². The highest BCUT2D eigenvalue weighted by molar-refractivity contribution is 7.89. The summed E-state index contributed by atoms with van der Waals surface area (Å²) in [6.45, 7) is 4.56. The minimum absolute atomic E-state index is 0.0504. The number of nitrogens with one attached hydrogen (secondary N) is 1. The highest BCUT2D eigenvalue weighted by Gasteiger charge is 2.35. The Morgan fingerprint density at radius 3 is 2.77 bits per heavy atom. The molecule has 4 rings (SSSR count). The third kappa shape index (κ3) is 4.16. The van der Waals surface area contributed by atoms with Gasteiger partial charge in [-0.25, -0.2) is 13.4 Å². The number of aromatic nitrogens is 2. The highest BCUT2D eigenvalue weighted by Crippen LogP contribution is 2.29. The summed E-state index contributed by atoms with van der Waals surface area (Å²) in [5, 5.41) is 3.14. The van der Waals surface area contributed by atoms with E-state index in [2.05, 4.69) is 16.4 Å². The van der Waals surface area contributed by atoms with Gasteiger partial charge in [0.15, 0.2) is 5.03 Å². The van der Waals surface area contributed by atoms with Crippen molar-refractivity contribution in [2.45, 2.75) is 63.4 Å². The number of hydrogen-bond donors (Lipinski definition) is 1. The molecule has 2 heterocycles. The zero-order valence-corrected chi connectivity index (χ0v) is 18.5. The van der Waals surface area contributed by atoms with Crippen LogP contribution in [0.25, 0.3) is 0 Å². The fourth-order valence-electron chi connectivity index (χ4n) is 4.37. The van der Waals surface area contributed by atoms with Gasteiger partial charge >= 0.3 is 0 Å². The Bertz CT molecular complexity index is 1030. The van der Waals surface area contributed by atoms with Crippen LogP contribution in [0.2, 0.25) is 0 Å². The number of hydrogen-bond acceptors (Lipinski definition) is 4. The van der Waals surface area contributed by atoms with Crippen LogP contribution in [0, 0.1) is 5.92 Å². The first-order valence-corrected chi connectivity index (χ1v) is 12.3. The summed E-state index contributed by atoms with van der Waals surface area (Å²) in [7, 11) is -3.71. The van der Waals surface area contributed by atoms with Crippen LogP contribution in [0.5, 0.6) is 0 Å². The summed E-state index contributed by atoms with van der Waals surface area (Å²) in [4.78, 5) is 17.1. The van der Waals surface area contributed by atoms with E-state index in [9.17, 15) is 13.2 Å². The Balaban J connectivity index is 1.48. The molecule has 30 heavy (non-hydrogen) atoms. The molecule has 1 amide bonds. The van der Waals surface area contributed by atoms with Crippen molar-refractivity contribution in [2.24, 2.45) is 5.92 Å². The number of nitrogens with zero attached hydrogens (tertiary/aromatic N) is 3. The molecule has 1 saturated heterocycles. The summed E-state index contributed by atoms with van der Waals surface area (Å²) >= 11 is 0. The van der Waals surface area contributed by atoms with Gasteiger partial charge in [-0.15, -0.1) is 0 Å². The molecule has 1 aliphatic carbocycles. The summed E-state index contributed by atoms with van der Waals surface area (Å²) in [5.74, 6) is -0.457. The van der Waals surface area contributed by atoms with Crippen molar-refractivity contribution in [3.05, 3.63) is 41.9 Å². The number of amides is 1. The SMILES string of the molecule is CC(C)n1cnc(S(=O)(=O)N2CCC[C@@H](C(=O)Nc3cccc4c3CCCC4)C2)c1. The number of piperidine rings is 1. The van der Waals surface area contributed by atoms with E-state index in [1.807, 2.05) is 26.0 Å². The molecule has 0 radical (unpaired) electrons. The second-order valence-electron chi connectivity index (χ2n) is 8.59. The fraction of sp³-hybridized carbons (Fsp3) is 0.545. The van der Waals surface area contributed by atoms with Gasteiger partial charge in [0.2, 0.25) is 5.91 Å². The van der Waals surface area contributed by atoms with E-state index in [1.165, 1.54) is 21.9 Å². The standard InChI is InChI=1S/C22H30N4O3S/c1-16(2)25-14-21(23-15-25)30(28,29)26-12-6-9-18(13-26)22(27)24-20-11-5-8-17-7-3-4-10-19(17)20/h5,8,11,14-16,18H,3-4,6-7,9-10,12-13H2,1-2H3,(H,24,27)/t18-/m1/s1. The third-order valence-electron chi connectivity index (χ3n) is 6.19. The van der Waals surface area contributed by atoms with Gasteiger partial charge in [0.05, 0.1) is 12.2 Å². The number of anilines is 1. The molecule has 1 aromatic heterocycles. The second kappa shape index (κ2) is 8.51. The van der Waals surface area contributed by atoms with Crippen LogP contribution in [-0.2, 0) is 27.7 Å². The Kier molecular flexibility index (Phi) is 5.97. The maximum Gasteiger partial charge on any atom is 0.262 e. The molecule has 1 aliphatic heterocycles. The third-order valence-corrected chi connectivity index (χ3v) is 7.94. The van der Waals surface area contributed by atoms with E-state index >= 15 is 0 Å². The van der Waals surface area contributed by atoms with Crippen LogP contribution in [0.4, 0.5) is 5.69 Å². The molecule has 2 aromatic rings. The molecule has 7 nitrogen and oxygen atoms in total. The van der Waals surface area contributed by atoms with Crippen LogP contribution in [0.1, 0.15) is 56.7 Å². The van der Waals surface area contributed by atoms with E-state index < -0.39 is 10.0 Å². The zero-order chi connectivity index (χ0) is 21.3. The van der Waals surface area contributed by atoms with Crippen molar-refractivity contribution in [1.29, 1.82) is 0 Å². The lowest BCUT2D eigenvalue weighted by molar-refractivity contribution is -0.120. The van der Waals surface area contributed by atoms with Gasteiger partial charge in [0.1, 0.15) is 0 Å². The van der Waals surface area contributed by atoms with Crippen LogP contribution >= 0.6 is 0 Å². The Morgan fingerprint density at radius 2 is 2.00 bits per heavy atom. The maximum atomic E-state index is 13.1. The largest absolute Gasteiger partial charge is 0.334 e. The van der Waals surface area contributed by atoms with Crippen molar-refractivity contribution >= 4 is 21.6 Å². The normalized spacial score (nSPS) is 20.2.